The van der Waals surface area contributed by atoms with E-state index >= 15 is 0 Å². The Balaban J connectivity index is 1.68. The summed E-state index contributed by atoms with van der Waals surface area (Å²) >= 11 is 0. The largest absolute Gasteiger partial charge is 0.491 e. The number of hydrogen-bond donors (Lipinski definition) is 1. The molecule has 1 amide bonds. The third-order valence-corrected chi connectivity index (χ3v) is 4.28. The lowest BCUT2D eigenvalue weighted by molar-refractivity contribution is -0.128. The summed E-state index contributed by atoms with van der Waals surface area (Å²) in [6, 6.07) is 7.71. The molecule has 1 aliphatic carbocycles. The Morgan fingerprint density at radius 1 is 1.29 bits per heavy atom. The van der Waals surface area contributed by atoms with E-state index in [4.69, 9.17) is 14.2 Å². The van der Waals surface area contributed by atoms with Gasteiger partial charge in [-0.3, -0.25) is 4.79 Å². The summed E-state index contributed by atoms with van der Waals surface area (Å²) in [5.41, 5.74) is 1.00. The van der Waals surface area contributed by atoms with E-state index in [-0.39, 0.29) is 18.6 Å². The molecule has 0 aromatic heterocycles. The summed E-state index contributed by atoms with van der Waals surface area (Å²) < 4.78 is 16.3. The first-order valence-electron chi connectivity index (χ1n) is 8.76. The molecule has 0 aliphatic heterocycles. The number of ether oxygens (including phenoxy) is 3. The molecule has 1 fully saturated rings. The zero-order chi connectivity index (χ0) is 17.2. The Morgan fingerprint density at radius 3 is 2.96 bits per heavy atom. The topological polar surface area (TPSA) is 56.8 Å². The molecule has 0 radical (unpaired) electrons. The smallest absolute Gasteiger partial charge is 0.246 e. The standard InChI is InChI=1S/C19H29NO4/c1-15-5-3-7-17(11-15)24-14-19(21)20-13-16-6-4-8-18(12-16)23-10-9-22-2/h4,6,8,12,15,17H,3,5,7,9-11,13-14H2,1-2H3,(H,20,21). The van der Waals surface area contributed by atoms with Crippen LogP contribution in [0.4, 0.5) is 0 Å². The van der Waals surface area contributed by atoms with Crippen LogP contribution in [0.2, 0.25) is 0 Å². The van der Waals surface area contributed by atoms with Gasteiger partial charge < -0.3 is 19.5 Å². The van der Waals surface area contributed by atoms with E-state index in [9.17, 15) is 4.79 Å². The van der Waals surface area contributed by atoms with Crippen molar-refractivity contribution < 1.29 is 19.0 Å². The lowest BCUT2D eigenvalue weighted by Gasteiger charge is -2.26. The third kappa shape index (κ3) is 6.89. The van der Waals surface area contributed by atoms with Crippen LogP contribution in [0, 0.1) is 5.92 Å². The fraction of sp³-hybridized carbons (Fsp3) is 0.632. The number of nitrogens with one attached hydrogen (secondary N) is 1. The maximum atomic E-state index is 12.0. The van der Waals surface area contributed by atoms with Gasteiger partial charge in [0.15, 0.2) is 0 Å². The highest BCUT2D eigenvalue weighted by Gasteiger charge is 2.20. The van der Waals surface area contributed by atoms with Crippen LogP contribution in [0.3, 0.4) is 0 Å². The first kappa shape index (κ1) is 18.7. The molecule has 0 heterocycles. The van der Waals surface area contributed by atoms with Crippen LogP contribution < -0.4 is 10.1 Å². The zero-order valence-electron chi connectivity index (χ0n) is 14.8. The van der Waals surface area contributed by atoms with Crippen molar-refractivity contribution in [2.75, 3.05) is 26.9 Å². The fourth-order valence-electron chi connectivity index (χ4n) is 2.96. The van der Waals surface area contributed by atoms with Gasteiger partial charge >= 0.3 is 0 Å². The Hall–Kier alpha value is -1.59. The predicted octanol–water partition coefficient (Wildman–Crippen LogP) is 2.92. The van der Waals surface area contributed by atoms with Crippen molar-refractivity contribution in [1.82, 2.24) is 5.32 Å². The van der Waals surface area contributed by atoms with Gasteiger partial charge in [0, 0.05) is 13.7 Å². The zero-order valence-corrected chi connectivity index (χ0v) is 14.8. The van der Waals surface area contributed by atoms with E-state index in [0.717, 1.165) is 24.2 Å². The van der Waals surface area contributed by atoms with Crippen LogP contribution in [0.25, 0.3) is 0 Å². The number of methoxy groups -OCH3 is 1. The molecule has 1 saturated carbocycles. The second kappa shape index (κ2) is 10.3. The Bertz CT molecular complexity index is 506. The highest BCUT2D eigenvalue weighted by molar-refractivity contribution is 5.77. The molecule has 2 rings (SSSR count). The summed E-state index contributed by atoms with van der Waals surface area (Å²) in [4.78, 5) is 12.0. The number of benzene rings is 1. The maximum Gasteiger partial charge on any atom is 0.246 e. The molecule has 1 N–H and O–H groups in total. The van der Waals surface area contributed by atoms with Gasteiger partial charge in [0.2, 0.25) is 5.91 Å². The van der Waals surface area contributed by atoms with E-state index < -0.39 is 0 Å². The number of hydrogen-bond acceptors (Lipinski definition) is 4. The second-order valence-corrected chi connectivity index (χ2v) is 6.47. The second-order valence-electron chi connectivity index (χ2n) is 6.47. The van der Waals surface area contributed by atoms with E-state index in [1.807, 2.05) is 24.3 Å². The van der Waals surface area contributed by atoms with Crippen molar-refractivity contribution in [3.05, 3.63) is 29.8 Å². The minimum atomic E-state index is -0.0704. The Labute approximate surface area is 144 Å². The molecule has 0 saturated heterocycles. The van der Waals surface area contributed by atoms with Crippen molar-refractivity contribution in [2.45, 2.75) is 45.3 Å². The first-order valence-corrected chi connectivity index (χ1v) is 8.76. The quantitative estimate of drug-likeness (QED) is 0.705. The summed E-state index contributed by atoms with van der Waals surface area (Å²) in [6.45, 7) is 3.93. The van der Waals surface area contributed by atoms with Crippen molar-refractivity contribution in [1.29, 1.82) is 0 Å². The fourth-order valence-corrected chi connectivity index (χ4v) is 2.96. The van der Waals surface area contributed by atoms with E-state index in [0.29, 0.717) is 25.7 Å². The van der Waals surface area contributed by atoms with Crippen molar-refractivity contribution >= 4 is 5.91 Å². The van der Waals surface area contributed by atoms with Crippen molar-refractivity contribution in [2.24, 2.45) is 5.92 Å². The molecule has 5 heteroatoms. The lowest BCUT2D eigenvalue weighted by Crippen LogP contribution is -2.31. The molecule has 0 bridgehead atoms. The molecule has 0 spiro atoms. The van der Waals surface area contributed by atoms with Gasteiger partial charge in [-0.25, -0.2) is 0 Å². The highest BCUT2D eigenvalue weighted by Crippen LogP contribution is 2.25. The van der Waals surface area contributed by atoms with E-state index in [2.05, 4.69) is 12.2 Å². The van der Waals surface area contributed by atoms with Gasteiger partial charge in [0.1, 0.15) is 19.0 Å². The first-order chi connectivity index (χ1) is 11.7. The SMILES string of the molecule is COCCOc1cccc(CNC(=O)COC2CCCC(C)C2)c1. The maximum absolute atomic E-state index is 12.0. The molecule has 5 nitrogen and oxygen atoms in total. The monoisotopic (exact) mass is 335 g/mol. The number of carbonyl (C=O) groups is 1. The van der Waals surface area contributed by atoms with Crippen molar-refractivity contribution in [3.63, 3.8) is 0 Å². The van der Waals surface area contributed by atoms with Gasteiger partial charge in [-0.15, -0.1) is 0 Å². The lowest BCUT2D eigenvalue weighted by atomic mass is 9.89. The molecule has 134 valence electrons. The summed E-state index contributed by atoms with van der Waals surface area (Å²) in [6.07, 6.45) is 4.84. The molecular weight excluding hydrogens is 306 g/mol. The average Bonchev–Trinajstić information content (AvgIpc) is 2.59. The van der Waals surface area contributed by atoms with E-state index in [1.165, 1.54) is 12.8 Å². The molecular formula is C19H29NO4. The normalized spacial score (nSPS) is 20.6. The summed E-state index contributed by atoms with van der Waals surface area (Å²) in [5, 5.41) is 2.90. The summed E-state index contributed by atoms with van der Waals surface area (Å²) in [5.74, 6) is 1.41. The van der Waals surface area contributed by atoms with Gasteiger partial charge in [0.25, 0.3) is 0 Å². The number of rotatable bonds is 9. The van der Waals surface area contributed by atoms with Gasteiger partial charge in [0.05, 0.1) is 12.7 Å². The van der Waals surface area contributed by atoms with Crippen LogP contribution in [0.15, 0.2) is 24.3 Å². The van der Waals surface area contributed by atoms with Gasteiger partial charge in [-0.1, -0.05) is 31.9 Å². The van der Waals surface area contributed by atoms with Gasteiger partial charge in [-0.05, 0) is 36.5 Å². The van der Waals surface area contributed by atoms with Crippen molar-refractivity contribution in [3.8, 4) is 5.75 Å². The van der Waals surface area contributed by atoms with E-state index in [1.54, 1.807) is 7.11 Å². The van der Waals surface area contributed by atoms with Crippen LogP contribution in [0.5, 0.6) is 5.75 Å². The Morgan fingerprint density at radius 2 is 2.17 bits per heavy atom. The predicted molar refractivity (Wildman–Crippen MR) is 93.0 cm³/mol. The number of amides is 1. The van der Waals surface area contributed by atoms with Crippen LogP contribution in [-0.4, -0.2) is 38.9 Å². The minimum Gasteiger partial charge on any atom is -0.491 e. The third-order valence-electron chi connectivity index (χ3n) is 4.28. The Kier molecular flexibility index (Phi) is 8.05. The molecule has 2 unspecified atom stereocenters. The molecule has 1 aromatic carbocycles. The summed E-state index contributed by atoms with van der Waals surface area (Å²) in [7, 11) is 1.64. The van der Waals surface area contributed by atoms with Crippen LogP contribution in [-0.2, 0) is 20.8 Å². The van der Waals surface area contributed by atoms with Crippen LogP contribution >= 0.6 is 0 Å². The molecule has 2 atom stereocenters. The minimum absolute atomic E-state index is 0.0704. The molecule has 1 aromatic rings. The number of carbonyl (C=O) groups excluding carboxylic acids is 1. The van der Waals surface area contributed by atoms with Gasteiger partial charge in [-0.2, -0.15) is 0 Å². The molecule has 24 heavy (non-hydrogen) atoms. The highest BCUT2D eigenvalue weighted by atomic mass is 16.5. The van der Waals surface area contributed by atoms with Crippen LogP contribution in [0.1, 0.15) is 38.2 Å². The molecule has 1 aliphatic rings. The average molecular weight is 335 g/mol.